The molecular weight excluding hydrogens is 785 g/mol. The molecule has 1 saturated carbocycles. The van der Waals surface area contributed by atoms with Gasteiger partial charge in [0.1, 0.15) is 11.2 Å². The number of nitrogens with one attached hydrogen (secondary N) is 1. The number of esters is 3. The van der Waals surface area contributed by atoms with Crippen molar-refractivity contribution < 1.29 is 38.4 Å². The predicted molar refractivity (Wildman–Crippen MR) is 237 cm³/mol. The van der Waals surface area contributed by atoms with Crippen molar-refractivity contribution in [1.29, 1.82) is 0 Å². The Kier molecular flexibility index (Phi) is 10.3. The van der Waals surface area contributed by atoms with Crippen LogP contribution in [0.15, 0.2) is 48.6 Å². The highest BCUT2D eigenvalue weighted by molar-refractivity contribution is 5.95. The number of carbonyl (C=O) groups is 3. The number of hydrogen-bond acceptors (Lipinski definition) is 11. The largest absolute Gasteiger partial charge is 0.496 e. The van der Waals surface area contributed by atoms with Gasteiger partial charge in [-0.05, 0) is 78.7 Å². The zero-order valence-corrected chi connectivity index (χ0v) is 38.3. The van der Waals surface area contributed by atoms with E-state index in [1.807, 2.05) is 31.0 Å². The van der Waals surface area contributed by atoms with Gasteiger partial charge in [-0.3, -0.25) is 14.5 Å². The molecule has 9 rings (SSSR count). The lowest BCUT2D eigenvalue weighted by Crippen LogP contribution is -2.81. The van der Waals surface area contributed by atoms with Crippen LogP contribution >= 0.6 is 0 Å². The zero-order valence-electron chi connectivity index (χ0n) is 38.3. The minimum absolute atomic E-state index is 0.0439. The Labute approximate surface area is 366 Å². The van der Waals surface area contributed by atoms with Crippen molar-refractivity contribution in [3.63, 3.8) is 0 Å². The lowest BCUT2D eigenvalue weighted by atomic mass is 9.47. The number of aromatic amines is 1. The molecule has 2 N–H and O–H groups in total. The first-order valence-electron chi connectivity index (χ1n) is 22.8. The van der Waals surface area contributed by atoms with Crippen LogP contribution in [-0.2, 0) is 45.8 Å². The average molecular weight is 851 g/mol. The van der Waals surface area contributed by atoms with Crippen LogP contribution in [0.4, 0.5) is 5.69 Å². The second kappa shape index (κ2) is 14.8. The maximum atomic E-state index is 15.7. The zero-order chi connectivity index (χ0) is 44.3. The van der Waals surface area contributed by atoms with Crippen LogP contribution in [0.1, 0.15) is 89.6 Å². The second-order valence-corrected chi connectivity index (χ2v) is 20.4. The summed E-state index contributed by atoms with van der Waals surface area (Å²) in [5, 5.41) is 14.5. The van der Waals surface area contributed by atoms with E-state index < -0.39 is 45.9 Å². The fourth-order valence-corrected chi connectivity index (χ4v) is 14.9. The smallest absolute Gasteiger partial charge is 0.344 e. The topological polar surface area (TPSA) is 134 Å². The number of likely N-dealkylation sites (N-methyl/N-ethyl adjacent to an activating group) is 1. The molecule has 6 heterocycles. The van der Waals surface area contributed by atoms with Crippen LogP contribution in [0.5, 0.6) is 5.75 Å². The fraction of sp³-hybridized carbons (Fsp3) is 0.620. The minimum Gasteiger partial charge on any atom is -0.496 e. The van der Waals surface area contributed by atoms with E-state index in [9.17, 15) is 14.7 Å². The highest BCUT2D eigenvalue weighted by Gasteiger charge is 2.80. The number of anilines is 1. The average Bonchev–Trinajstić information content (AvgIpc) is 3.92. The van der Waals surface area contributed by atoms with Crippen molar-refractivity contribution in [2.75, 3.05) is 66.0 Å². The van der Waals surface area contributed by atoms with Crippen molar-refractivity contribution in [3.8, 4) is 5.75 Å². The number of benzene rings is 2. The molecule has 12 nitrogen and oxygen atoms in total. The van der Waals surface area contributed by atoms with Gasteiger partial charge in [0.2, 0.25) is 5.60 Å². The van der Waals surface area contributed by atoms with E-state index in [4.69, 9.17) is 18.9 Å². The highest BCUT2D eigenvalue weighted by Crippen LogP contribution is 2.68. The summed E-state index contributed by atoms with van der Waals surface area (Å²) >= 11 is 0. The molecule has 1 spiro atoms. The first-order valence-corrected chi connectivity index (χ1v) is 22.8. The first kappa shape index (κ1) is 42.9. The van der Waals surface area contributed by atoms with E-state index in [1.54, 1.807) is 7.11 Å². The standard InChI is InChI=1S/C50H66N4O8/c1-11-30-27-53-22-18-33-32-16-13-14-17-36(32)51-40(33)49(44(56)60-9,26-31(28-53)39(30)46(4,5)6)35-24-34-37(25-38(35)59-8)52(7)42-48(34)20-23-54-21-15-19-47(12-2,41(48)54)43(62-29(3)55)50(42,58)45(57)61-10/h13-17,19,24-25,30-31,39,41-43,51,58H,11-12,18,20-23,26-28H2,1-10H3/t30?,31?,39-,41?,42?,43?,47?,48?,49-,50-/m0/s1. The number of rotatable bonds is 7. The number of hydrogen-bond donors (Lipinski definition) is 2. The molecule has 8 unspecified atom stereocenters. The van der Waals surface area contributed by atoms with Crippen molar-refractivity contribution >= 4 is 34.5 Å². The van der Waals surface area contributed by atoms with E-state index in [2.05, 4.69) is 78.9 Å². The van der Waals surface area contributed by atoms with Gasteiger partial charge in [-0.15, -0.1) is 0 Å². The van der Waals surface area contributed by atoms with E-state index in [0.29, 0.717) is 55.5 Å². The molecule has 2 saturated heterocycles. The van der Waals surface area contributed by atoms with Gasteiger partial charge in [-0.25, -0.2) is 4.79 Å². The minimum atomic E-state index is -2.28. The van der Waals surface area contributed by atoms with E-state index in [0.717, 1.165) is 65.9 Å². The molecule has 3 fully saturated rings. The molecule has 1 aromatic heterocycles. The summed E-state index contributed by atoms with van der Waals surface area (Å²) in [5.41, 5.74) is -0.213. The molecular formula is C50H66N4O8. The molecule has 12 heteroatoms. The summed E-state index contributed by atoms with van der Waals surface area (Å²) < 4.78 is 24.3. The molecule has 334 valence electrons. The molecule has 11 atom stereocenters. The van der Waals surface area contributed by atoms with Crippen molar-refractivity contribution in [2.45, 2.75) is 108 Å². The normalized spacial score (nSPS) is 36.0. The molecule has 6 aliphatic rings. The number of fused-ring (bicyclic) bond motifs is 6. The number of para-hydroxylation sites is 1. The Morgan fingerprint density at radius 3 is 2.37 bits per heavy atom. The Morgan fingerprint density at radius 1 is 0.968 bits per heavy atom. The summed E-state index contributed by atoms with van der Waals surface area (Å²) in [6.07, 6.45) is 6.26. The fourth-order valence-electron chi connectivity index (χ4n) is 14.9. The lowest BCUT2D eigenvalue weighted by molar-refractivity contribution is -0.228. The van der Waals surface area contributed by atoms with Gasteiger partial charge >= 0.3 is 17.9 Å². The number of methoxy groups -OCH3 is 3. The summed E-state index contributed by atoms with van der Waals surface area (Å²) in [6, 6.07) is 11.3. The van der Waals surface area contributed by atoms with Crippen LogP contribution in [0, 0.1) is 28.6 Å². The summed E-state index contributed by atoms with van der Waals surface area (Å²) in [5.74, 6) is -0.426. The number of H-pyrrole nitrogens is 1. The number of piperidine rings is 1. The monoisotopic (exact) mass is 850 g/mol. The third-order valence-electron chi connectivity index (χ3n) is 16.7. The third-order valence-corrected chi connectivity index (χ3v) is 16.7. The molecule has 0 amide bonds. The van der Waals surface area contributed by atoms with Gasteiger partial charge in [0.15, 0.2) is 6.10 Å². The molecule has 0 radical (unpaired) electrons. The Bertz CT molecular complexity index is 2330. The number of aromatic nitrogens is 1. The summed E-state index contributed by atoms with van der Waals surface area (Å²) in [7, 11) is 6.32. The number of ether oxygens (including phenoxy) is 4. The number of nitrogens with zero attached hydrogens (tertiary/aromatic N) is 3. The second-order valence-electron chi connectivity index (χ2n) is 20.4. The van der Waals surface area contributed by atoms with Crippen LogP contribution in [-0.4, -0.2) is 123 Å². The maximum Gasteiger partial charge on any atom is 0.344 e. The SMILES string of the molecule is CCC1CN2CCc3c([nH]c4ccccc34)[C@@](C(=O)OC)(c3cc4c(cc3OC)N(C)C3C45CCN4CC=CC(CC)(C45)C(OC(C)=O)[C@]3(O)C(=O)OC)CC(C2)[C@H]1C(C)(C)C. The highest BCUT2D eigenvalue weighted by atomic mass is 16.6. The van der Waals surface area contributed by atoms with Crippen molar-refractivity contribution in [3.05, 3.63) is 70.9 Å². The van der Waals surface area contributed by atoms with Gasteiger partial charge in [-0.2, -0.15) is 0 Å². The van der Waals surface area contributed by atoms with Crippen molar-refractivity contribution in [1.82, 2.24) is 14.8 Å². The van der Waals surface area contributed by atoms with Crippen LogP contribution in [0.3, 0.4) is 0 Å². The molecule has 5 aliphatic heterocycles. The molecule has 3 aromatic rings. The third kappa shape index (κ3) is 5.57. The Morgan fingerprint density at radius 2 is 1.71 bits per heavy atom. The summed E-state index contributed by atoms with van der Waals surface area (Å²) in [4.78, 5) is 54.2. The van der Waals surface area contributed by atoms with Crippen molar-refractivity contribution in [2.24, 2.45) is 28.6 Å². The Hall–Kier alpha value is -4.39. The van der Waals surface area contributed by atoms with Gasteiger partial charge in [0.25, 0.3) is 0 Å². The van der Waals surface area contributed by atoms with E-state index in [1.165, 1.54) is 21.1 Å². The number of carbonyl (C=O) groups excluding carboxylic acids is 3. The van der Waals surface area contributed by atoms with Crippen LogP contribution in [0.2, 0.25) is 0 Å². The lowest BCUT2D eigenvalue weighted by Gasteiger charge is -2.63. The molecule has 2 bridgehead atoms. The maximum absolute atomic E-state index is 15.7. The number of aliphatic hydroxyl groups is 1. The molecule has 62 heavy (non-hydrogen) atoms. The van der Waals surface area contributed by atoms with Gasteiger partial charge in [0, 0.05) is 90.9 Å². The Balaban J connectivity index is 1.38. The van der Waals surface area contributed by atoms with Gasteiger partial charge in [-0.1, -0.05) is 71.4 Å². The predicted octanol–water partition coefficient (Wildman–Crippen LogP) is 6.15. The van der Waals surface area contributed by atoms with E-state index >= 15 is 4.79 Å². The van der Waals surface area contributed by atoms with Gasteiger partial charge in [0.05, 0.1) is 27.4 Å². The van der Waals surface area contributed by atoms with E-state index in [-0.39, 0.29) is 23.3 Å². The molecule has 2 aromatic carbocycles. The molecule has 1 aliphatic carbocycles. The quantitative estimate of drug-likeness (QED) is 0.161. The van der Waals surface area contributed by atoms with Gasteiger partial charge < -0.3 is 38.8 Å². The van der Waals surface area contributed by atoms with Crippen LogP contribution in [0.25, 0.3) is 10.9 Å². The first-order chi connectivity index (χ1) is 29.5. The van der Waals surface area contributed by atoms with Crippen LogP contribution < -0.4 is 9.64 Å². The summed E-state index contributed by atoms with van der Waals surface area (Å²) in [6.45, 7) is 16.8.